The molecule has 2 saturated heterocycles. The number of aliphatic hydroxyl groups excluding tert-OH is 4. The summed E-state index contributed by atoms with van der Waals surface area (Å²) in [5.74, 6) is -1.80. The molecule has 73 heavy (non-hydrogen) atoms. The third-order valence-corrected chi connectivity index (χ3v) is 23.3. The lowest BCUT2D eigenvalue weighted by atomic mass is 9.50. The number of rotatable bonds is 10. The van der Waals surface area contributed by atoms with Gasteiger partial charge in [-0.1, -0.05) is 66.3 Å². The van der Waals surface area contributed by atoms with Crippen LogP contribution in [0.1, 0.15) is 135 Å². The number of benzene rings is 1. The van der Waals surface area contributed by atoms with Crippen LogP contribution in [0.25, 0.3) is 11.0 Å². The second kappa shape index (κ2) is 21.6. The van der Waals surface area contributed by atoms with E-state index in [4.69, 9.17) is 23.4 Å². The van der Waals surface area contributed by atoms with Crippen LogP contribution in [-0.4, -0.2) is 145 Å². The van der Waals surface area contributed by atoms with Crippen LogP contribution in [-0.2, 0) is 20.7 Å². The maximum Gasteiger partial charge on any atom is 0.306 e. The van der Waals surface area contributed by atoms with Crippen LogP contribution in [0.4, 0.5) is 0 Å². The number of carbonyl (C=O) groups excluding carboxylic acids is 1. The fourth-order valence-electron chi connectivity index (χ4n) is 16.2. The van der Waals surface area contributed by atoms with E-state index >= 15 is 0 Å². The molecule has 5 bridgehead atoms. The molecule has 8 aliphatic rings. The Morgan fingerprint density at radius 1 is 0.973 bits per heavy atom. The van der Waals surface area contributed by atoms with E-state index in [9.17, 15) is 40.5 Å². The van der Waals surface area contributed by atoms with Gasteiger partial charge in [0.05, 0.1) is 30.7 Å². The number of carbonyl (C=O) groups is 1. The zero-order valence-corrected chi connectivity index (χ0v) is 44.9. The summed E-state index contributed by atoms with van der Waals surface area (Å²) in [7, 11) is 5.44. The third-order valence-electron chi connectivity index (χ3n) is 19.9. The summed E-state index contributed by atoms with van der Waals surface area (Å²) < 4.78 is 32.5. The highest BCUT2D eigenvalue weighted by molar-refractivity contribution is 8.77. The van der Waals surface area contributed by atoms with Crippen LogP contribution in [0.3, 0.4) is 0 Å². The molecule has 1 aromatic carbocycles. The van der Waals surface area contributed by atoms with Crippen LogP contribution in [0.2, 0.25) is 0 Å². The molecule has 10 rings (SSSR count). The van der Waals surface area contributed by atoms with Gasteiger partial charge in [0.15, 0.2) is 16.9 Å². The summed E-state index contributed by atoms with van der Waals surface area (Å²) in [6.45, 7) is 5.29. The van der Waals surface area contributed by atoms with Crippen LogP contribution in [0.5, 0.6) is 11.5 Å². The highest BCUT2D eigenvalue weighted by Gasteiger charge is 2.78. The van der Waals surface area contributed by atoms with Crippen molar-refractivity contribution in [1.82, 2.24) is 10.6 Å². The largest absolute Gasteiger partial charge is 0.485 e. The van der Waals surface area contributed by atoms with Gasteiger partial charge in [0.1, 0.15) is 23.9 Å². The molecular formula is C56H84N2O13S2. The summed E-state index contributed by atoms with van der Waals surface area (Å²) in [6.07, 6.45) is 12.7. The van der Waals surface area contributed by atoms with Crippen molar-refractivity contribution in [2.75, 3.05) is 45.7 Å². The smallest absolute Gasteiger partial charge is 0.306 e. The number of hydrogen-bond acceptors (Lipinski definition) is 17. The molecule has 3 aliphatic heterocycles. The molecule has 5 aliphatic carbocycles. The highest BCUT2D eigenvalue weighted by Crippen LogP contribution is 2.69. The summed E-state index contributed by atoms with van der Waals surface area (Å²) in [5.41, 5.74) is -6.46. The monoisotopic (exact) mass is 1060 g/mol. The van der Waals surface area contributed by atoms with E-state index in [2.05, 4.69) is 17.6 Å². The Balaban J connectivity index is 1.16. The van der Waals surface area contributed by atoms with Crippen molar-refractivity contribution in [2.45, 2.75) is 194 Å². The van der Waals surface area contributed by atoms with E-state index in [1.165, 1.54) is 0 Å². The van der Waals surface area contributed by atoms with E-state index < -0.39 is 77.3 Å². The predicted molar refractivity (Wildman–Crippen MR) is 280 cm³/mol. The predicted octanol–water partition coefficient (Wildman–Crippen LogP) is 6.33. The lowest BCUT2D eigenvalue weighted by Gasteiger charge is -2.67. The van der Waals surface area contributed by atoms with Gasteiger partial charge in [-0.2, -0.15) is 0 Å². The first-order valence-electron chi connectivity index (χ1n) is 27.9. The number of hydrogen-bond donors (Lipinski definition) is 9. The van der Waals surface area contributed by atoms with Gasteiger partial charge >= 0.3 is 5.97 Å². The van der Waals surface area contributed by atoms with Crippen LogP contribution >= 0.6 is 21.6 Å². The number of ether oxygens (including phenoxy) is 4. The first-order chi connectivity index (χ1) is 35.1. The minimum atomic E-state index is -2.49. The molecular weight excluding hydrogens is 973 g/mol. The zero-order valence-electron chi connectivity index (χ0n) is 43.3. The Hall–Kier alpha value is -2.13. The standard InChI is InChI=1S/C56H84N2O13S2/c1-4-67-44(62)15-12-36-28-37-18-26-68-46(37)48-47(36)70-50-56(66)45-38(11-13-40(60)39(45)32-59)30-54(65,49(56)63)55(71-50)33-72-73-53(42(58-25-27-69-48)14-10-34(2)8-7-9-43(55)61)24-23-51(21-16-35(29-51)31-57-3)41(53)17-22-52(64)19-5-6-20-52/h11,13,18,26,28,34-35,38-43,45,49-50,57-61,63-66H,4-10,12,14-17,19-25,27,29-33H2,1-3H3/t34-,35+,38+,39-,40+,41-,42+,43-,45+,49+,50-,51+,53+,54+,55-,56-/m1/s1. The minimum absolute atomic E-state index is 0.00691. The molecule has 0 radical (unpaired) electrons. The van der Waals surface area contributed by atoms with Gasteiger partial charge in [-0.3, -0.25) is 4.79 Å². The number of esters is 1. The quantitative estimate of drug-likeness (QED) is 0.0719. The average molecular weight is 1060 g/mol. The first kappa shape index (κ1) is 54.2. The van der Waals surface area contributed by atoms with E-state index in [1.807, 2.05) is 23.9 Å². The molecule has 3 spiro atoms. The Bertz CT molecular complexity index is 2280. The van der Waals surface area contributed by atoms with E-state index in [0.717, 1.165) is 96.4 Å². The SMILES string of the molecule is CCOC(=O)CCc1cc2ccoc2c2c1O[C@@H]1O[C@@]3(CSS[C@]4(CC[C@]5(CC[C@H](CNC)C5)[C@H]4CCC4(O)CCCC4)[C@H](CC[C@H](C)CCC[C@H]3O)NCCO2)[C@]2(O)C[C@@H]3C=C[C@H](O)[C@@H](CO)[C@H]3[C@@]1(O)[C@H]2O. The topological polar surface area (TPSA) is 233 Å². The molecule has 0 amide bonds. The van der Waals surface area contributed by atoms with E-state index in [-0.39, 0.29) is 78.3 Å². The number of nitrogens with one attached hydrogen (secondary N) is 2. The van der Waals surface area contributed by atoms with Crippen LogP contribution in [0.15, 0.2) is 35.0 Å². The van der Waals surface area contributed by atoms with Gasteiger partial charge < -0.3 is 69.7 Å². The summed E-state index contributed by atoms with van der Waals surface area (Å²) in [5, 5.41) is 96.5. The Morgan fingerprint density at radius 2 is 1.79 bits per heavy atom. The van der Waals surface area contributed by atoms with Gasteiger partial charge in [0, 0.05) is 53.3 Å². The summed E-state index contributed by atoms with van der Waals surface area (Å²) in [6, 6.07) is 3.65. The van der Waals surface area contributed by atoms with Crippen molar-refractivity contribution in [1.29, 1.82) is 0 Å². The minimum Gasteiger partial charge on any atom is -0.485 e. The van der Waals surface area contributed by atoms with Crippen molar-refractivity contribution < 1.29 is 63.9 Å². The van der Waals surface area contributed by atoms with E-state index in [1.54, 1.807) is 42.2 Å². The normalized spacial score (nSPS) is 42.6. The number of allylic oxidation sites excluding steroid dienone is 1. The molecule has 4 heterocycles. The fraction of sp³-hybridized carbons (Fsp3) is 0.804. The number of furan rings is 1. The third kappa shape index (κ3) is 9.52. The maximum absolute atomic E-state index is 13.7. The number of fused-ring (bicyclic) bond motifs is 11. The Morgan fingerprint density at radius 3 is 2.58 bits per heavy atom. The number of aryl methyl sites for hydroxylation is 1. The molecule has 15 nitrogen and oxygen atoms in total. The van der Waals surface area contributed by atoms with E-state index in [0.29, 0.717) is 41.3 Å². The number of aliphatic hydroxyl groups is 7. The molecule has 16 atom stereocenters. The Kier molecular flexibility index (Phi) is 16.0. The average Bonchev–Trinajstić information content (AvgIpc) is 4.18. The highest BCUT2D eigenvalue weighted by atomic mass is 33.1. The molecule has 1 aromatic heterocycles. The van der Waals surface area contributed by atoms with Gasteiger partial charge in [0.25, 0.3) is 0 Å². The van der Waals surface area contributed by atoms with Crippen molar-refractivity contribution in [3.63, 3.8) is 0 Å². The molecule has 408 valence electrons. The van der Waals surface area contributed by atoms with Crippen LogP contribution in [0, 0.1) is 40.9 Å². The fourth-order valence-corrected chi connectivity index (χ4v) is 20.4. The molecule has 6 fully saturated rings. The maximum atomic E-state index is 13.7. The van der Waals surface area contributed by atoms with Gasteiger partial charge in [-0.25, -0.2) is 0 Å². The molecule has 0 unspecified atom stereocenters. The summed E-state index contributed by atoms with van der Waals surface area (Å²) in [4.78, 5) is 13.0. The lowest BCUT2D eigenvalue weighted by Crippen LogP contribution is -2.86. The lowest BCUT2D eigenvalue weighted by molar-refractivity contribution is -0.424. The van der Waals surface area contributed by atoms with Crippen molar-refractivity contribution in [3.05, 3.63) is 36.1 Å². The second-order valence-electron chi connectivity index (χ2n) is 24.0. The first-order valence-corrected chi connectivity index (χ1v) is 30.3. The van der Waals surface area contributed by atoms with Gasteiger partial charge in [0.2, 0.25) is 12.0 Å². The van der Waals surface area contributed by atoms with Crippen molar-refractivity contribution in [2.24, 2.45) is 40.9 Å². The molecule has 9 N–H and O–H groups in total. The summed E-state index contributed by atoms with van der Waals surface area (Å²) >= 11 is 0. The van der Waals surface area contributed by atoms with Crippen molar-refractivity contribution >= 4 is 38.5 Å². The van der Waals surface area contributed by atoms with Gasteiger partial charge in [-0.15, -0.1) is 0 Å². The second-order valence-corrected chi connectivity index (χ2v) is 26.6. The molecule has 17 heteroatoms. The van der Waals surface area contributed by atoms with Crippen LogP contribution < -0.4 is 20.1 Å². The van der Waals surface area contributed by atoms with Gasteiger partial charge in [-0.05, 0) is 157 Å². The van der Waals surface area contributed by atoms with Crippen molar-refractivity contribution in [3.8, 4) is 11.5 Å². The Labute approximate surface area is 439 Å². The molecule has 2 aromatic rings. The zero-order chi connectivity index (χ0) is 51.4. The molecule has 4 saturated carbocycles.